The van der Waals surface area contributed by atoms with E-state index >= 15 is 0 Å². The number of β-amino-alcohol motifs (C(OH)–C–C–N with tert-alkyl or cyclic N) is 1. The fourth-order valence-corrected chi connectivity index (χ4v) is 2.31. The second kappa shape index (κ2) is 4.90. The van der Waals surface area contributed by atoms with E-state index < -0.39 is 6.10 Å². The summed E-state index contributed by atoms with van der Waals surface area (Å²) in [5.74, 6) is -0.703. The number of imide groups is 1. The zero-order valence-corrected chi connectivity index (χ0v) is 10.6. The van der Waals surface area contributed by atoms with Crippen LogP contribution >= 0.6 is 0 Å². The summed E-state index contributed by atoms with van der Waals surface area (Å²) in [6.45, 7) is 0.262. The number of amides is 2. The van der Waals surface area contributed by atoms with Crippen molar-refractivity contribution in [3.8, 4) is 0 Å². The van der Waals surface area contributed by atoms with Gasteiger partial charge in [-0.1, -0.05) is 12.1 Å². The van der Waals surface area contributed by atoms with E-state index in [2.05, 4.69) is 4.98 Å². The van der Waals surface area contributed by atoms with Crippen molar-refractivity contribution in [2.75, 3.05) is 6.54 Å². The topological polar surface area (TPSA) is 75.4 Å². The molecule has 1 atom stereocenters. The number of aromatic nitrogens is 2. The van der Waals surface area contributed by atoms with Crippen molar-refractivity contribution in [1.82, 2.24) is 14.5 Å². The van der Waals surface area contributed by atoms with Crippen LogP contribution in [-0.4, -0.2) is 44.0 Å². The van der Waals surface area contributed by atoms with Gasteiger partial charge in [-0.05, 0) is 12.1 Å². The molecule has 2 aromatic rings. The Balaban J connectivity index is 1.73. The van der Waals surface area contributed by atoms with Crippen molar-refractivity contribution >= 4 is 11.8 Å². The predicted octanol–water partition coefficient (Wildman–Crippen LogP) is 0.540. The minimum Gasteiger partial charge on any atom is -0.389 e. The number of carbonyl (C=O) groups excluding carboxylic acids is 2. The summed E-state index contributed by atoms with van der Waals surface area (Å²) >= 11 is 0. The molecule has 1 aliphatic rings. The van der Waals surface area contributed by atoms with Gasteiger partial charge in [-0.2, -0.15) is 0 Å². The summed E-state index contributed by atoms with van der Waals surface area (Å²) in [7, 11) is 0. The molecule has 6 heteroatoms. The molecule has 0 spiro atoms. The highest BCUT2D eigenvalue weighted by Crippen LogP contribution is 2.22. The molecule has 1 aliphatic heterocycles. The van der Waals surface area contributed by atoms with Crippen LogP contribution in [0.2, 0.25) is 0 Å². The fourth-order valence-electron chi connectivity index (χ4n) is 2.31. The smallest absolute Gasteiger partial charge is 0.261 e. The van der Waals surface area contributed by atoms with E-state index in [0.29, 0.717) is 11.1 Å². The molecule has 2 heterocycles. The van der Waals surface area contributed by atoms with Crippen LogP contribution in [0.4, 0.5) is 0 Å². The van der Waals surface area contributed by atoms with Gasteiger partial charge in [0.2, 0.25) is 0 Å². The highest BCUT2D eigenvalue weighted by atomic mass is 16.3. The number of hydrogen-bond donors (Lipinski definition) is 1. The molecule has 6 nitrogen and oxygen atoms in total. The molecule has 0 fully saturated rings. The maximum Gasteiger partial charge on any atom is 0.261 e. The molecule has 20 heavy (non-hydrogen) atoms. The van der Waals surface area contributed by atoms with Crippen LogP contribution in [0, 0.1) is 0 Å². The summed E-state index contributed by atoms with van der Waals surface area (Å²) < 4.78 is 1.70. The third-order valence-electron chi connectivity index (χ3n) is 3.25. The number of imidazole rings is 1. The summed E-state index contributed by atoms with van der Waals surface area (Å²) in [6.07, 6.45) is 4.07. The third-order valence-corrected chi connectivity index (χ3v) is 3.25. The SMILES string of the molecule is O=C1c2ccccc2C(=O)N1C[C@@H](O)Cn1ccnc1. The first-order valence-corrected chi connectivity index (χ1v) is 6.26. The standard InChI is InChI=1S/C14H13N3O3/c18-10(7-16-6-5-15-9-16)8-17-13(19)11-3-1-2-4-12(11)14(17)20/h1-6,9-10,18H,7-8H2/t10-/m0/s1. The summed E-state index contributed by atoms with van der Waals surface area (Å²) in [5.41, 5.74) is 0.791. The first kappa shape index (κ1) is 12.6. The number of aliphatic hydroxyl groups excluding tert-OH is 1. The number of fused-ring (bicyclic) bond motifs is 1. The van der Waals surface area contributed by atoms with Gasteiger partial charge in [0.15, 0.2) is 0 Å². The largest absolute Gasteiger partial charge is 0.389 e. The molecule has 1 aromatic carbocycles. The lowest BCUT2D eigenvalue weighted by Gasteiger charge is -2.18. The number of nitrogens with zero attached hydrogens (tertiary/aromatic N) is 3. The molecule has 0 aliphatic carbocycles. The Morgan fingerprint density at radius 1 is 1.10 bits per heavy atom. The average Bonchev–Trinajstić information content (AvgIpc) is 3.03. The van der Waals surface area contributed by atoms with Gasteiger partial charge >= 0.3 is 0 Å². The third kappa shape index (κ3) is 2.10. The van der Waals surface area contributed by atoms with Crippen LogP contribution in [0.15, 0.2) is 43.0 Å². The van der Waals surface area contributed by atoms with Gasteiger partial charge in [0, 0.05) is 12.4 Å². The van der Waals surface area contributed by atoms with Crippen molar-refractivity contribution in [3.05, 3.63) is 54.1 Å². The number of hydrogen-bond acceptors (Lipinski definition) is 4. The maximum absolute atomic E-state index is 12.1. The van der Waals surface area contributed by atoms with E-state index in [-0.39, 0.29) is 24.9 Å². The molecule has 3 rings (SSSR count). The Morgan fingerprint density at radius 2 is 1.75 bits per heavy atom. The first-order valence-electron chi connectivity index (χ1n) is 6.26. The molecule has 1 aromatic heterocycles. The Hall–Kier alpha value is -2.47. The molecule has 0 unspecified atom stereocenters. The monoisotopic (exact) mass is 271 g/mol. The number of carbonyl (C=O) groups is 2. The van der Waals surface area contributed by atoms with Crippen molar-refractivity contribution in [3.63, 3.8) is 0 Å². The lowest BCUT2D eigenvalue weighted by atomic mass is 10.1. The summed E-state index contributed by atoms with van der Waals surface area (Å²) in [5, 5.41) is 10.0. The van der Waals surface area contributed by atoms with Crippen molar-refractivity contribution in [1.29, 1.82) is 0 Å². The van der Waals surface area contributed by atoms with Crippen LogP contribution in [0.5, 0.6) is 0 Å². The van der Waals surface area contributed by atoms with E-state index in [0.717, 1.165) is 4.90 Å². The Labute approximate surface area is 115 Å². The van der Waals surface area contributed by atoms with Crippen molar-refractivity contribution < 1.29 is 14.7 Å². The fraction of sp³-hybridized carbons (Fsp3) is 0.214. The van der Waals surface area contributed by atoms with E-state index in [4.69, 9.17) is 0 Å². The van der Waals surface area contributed by atoms with E-state index in [1.807, 2.05) is 0 Å². The maximum atomic E-state index is 12.1. The Bertz CT molecular complexity index is 616. The zero-order chi connectivity index (χ0) is 14.1. The van der Waals surface area contributed by atoms with E-state index in [1.54, 1.807) is 47.6 Å². The molecule has 0 saturated carbocycles. The van der Waals surface area contributed by atoms with Gasteiger partial charge in [-0.3, -0.25) is 14.5 Å². The summed E-state index contributed by atoms with van der Waals surface area (Å²) in [4.78, 5) is 29.2. The molecule has 0 bridgehead atoms. The van der Waals surface area contributed by atoms with E-state index in [9.17, 15) is 14.7 Å². The Kier molecular flexibility index (Phi) is 3.08. The number of benzene rings is 1. The lowest BCUT2D eigenvalue weighted by molar-refractivity contribution is 0.0521. The van der Waals surface area contributed by atoms with Crippen LogP contribution < -0.4 is 0 Å². The van der Waals surface area contributed by atoms with Gasteiger partial charge in [0.05, 0.1) is 36.6 Å². The first-order chi connectivity index (χ1) is 9.66. The number of rotatable bonds is 4. The average molecular weight is 271 g/mol. The van der Waals surface area contributed by atoms with Gasteiger partial charge in [-0.25, -0.2) is 4.98 Å². The second-order valence-electron chi connectivity index (χ2n) is 4.68. The van der Waals surface area contributed by atoms with Crippen LogP contribution in [-0.2, 0) is 6.54 Å². The predicted molar refractivity (Wildman–Crippen MR) is 70.0 cm³/mol. The van der Waals surface area contributed by atoms with E-state index in [1.165, 1.54) is 0 Å². The van der Waals surface area contributed by atoms with Crippen molar-refractivity contribution in [2.45, 2.75) is 12.6 Å². The number of aliphatic hydroxyl groups is 1. The zero-order valence-electron chi connectivity index (χ0n) is 10.6. The normalized spacial score (nSPS) is 15.6. The van der Waals surface area contributed by atoms with Gasteiger partial charge in [-0.15, -0.1) is 0 Å². The minimum absolute atomic E-state index is 0.0233. The second-order valence-corrected chi connectivity index (χ2v) is 4.68. The van der Waals surface area contributed by atoms with Crippen LogP contribution in [0.1, 0.15) is 20.7 Å². The highest BCUT2D eigenvalue weighted by Gasteiger charge is 2.35. The Morgan fingerprint density at radius 3 is 2.30 bits per heavy atom. The quantitative estimate of drug-likeness (QED) is 0.823. The molecule has 0 saturated heterocycles. The van der Waals surface area contributed by atoms with Gasteiger partial charge in [0.1, 0.15) is 0 Å². The van der Waals surface area contributed by atoms with Crippen molar-refractivity contribution in [2.24, 2.45) is 0 Å². The molecule has 0 radical (unpaired) electrons. The highest BCUT2D eigenvalue weighted by molar-refractivity contribution is 6.21. The molecular formula is C14H13N3O3. The molecule has 2 amide bonds. The summed E-state index contributed by atoms with van der Waals surface area (Å²) in [6, 6.07) is 6.68. The minimum atomic E-state index is -0.827. The molecular weight excluding hydrogens is 258 g/mol. The van der Waals surface area contributed by atoms with Crippen LogP contribution in [0.3, 0.4) is 0 Å². The van der Waals surface area contributed by atoms with Gasteiger partial charge in [0.25, 0.3) is 11.8 Å². The molecule has 102 valence electrons. The lowest BCUT2D eigenvalue weighted by Crippen LogP contribution is -2.38. The van der Waals surface area contributed by atoms with Crippen LogP contribution in [0.25, 0.3) is 0 Å². The van der Waals surface area contributed by atoms with Gasteiger partial charge < -0.3 is 9.67 Å². The molecule has 1 N–H and O–H groups in total.